The van der Waals surface area contributed by atoms with Crippen molar-refractivity contribution in [3.63, 3.8) is 0 Å². The topological polar surface area (TPSA) is 139 Å². The number of carboxylic acids is 1. The van der Waals surface area contributed by atoms with E-state index in [-0.39, 0.29) is 11.4 Å². The van der Waals surface area contributed by atoms with Crippen LogP contribution in [-0.4, -0.2) is 46.3 Å². The number of carboxylic acid groups (broad SMARTS) is 1. The van der Waals surface area contributed by atoms with Crippen LogP contribution in [0.25, 0.3) is 0 Å². The van der Waals surface area contributed by atoms with Crippen molar-refractivity contribution in [2.45, 2.75) is 6.10 Å². The minimum atomic E-state index is -1.70. The molecule has 1 aromatic rings. The number of aliphatic hydroxyl groups is 1. The third-order valence-corrected chi connectivity index (χ3v) is 2.18. The third-order valence-electron chi connectivity index (χ3n) is 2.18. The molecule has 0 spiro atoms. The number of ether oxygens (including phenoxy) is 1. The van der Waals surface area contributed by atoms with Gasteiger partial charge in [-0.15, -0.1) is 0 Å². The number of non-ortho nitro benzene ring substituents is 1. The molecule has 9 nitrogen and oxygen atoms in total. The van der Waals surface area contributed by atoms with Gasteiger partial charge in [0.05, 0.1) is 17.5 Å². The van der Waals surface area contributed by atoms with Crippen LogP contribution in [0.2, 0.25) is 0 Å². The van der Waals surface area contributed by atoms with Crippen LogP contribution in [0.3, 0.4) is 0 Å². The first kappa shape index (κ1) is 15.4. The molecule has 0 aliphatic carbocycles. The standard InChI is InChI=1S/C11H12N2O7/c14-9(11(16)17)5-12-10(15)6-20-8-3-1-2-7(4-8)13(18)19/h1-4,9,14H,5-6H2,(H,12,15)(H,16,17)/t9-/m0/s1. The zero-order chi connectivity index (χ0) is 15.1. The number of aliphatic hydroxyl groups excluding tert-OH is 1. The van der Waals surface area contributed by atoms with E-state index >= 15 is 0 Å². The molecule has 0 heterocycles. The number of carbonyl (C=O) groups is 2. The summed E-state index contributed by atoms with van der Waals surface area (Å²) >= 11 is 0. The van der Waals surface area contributed by atoms with Gasteiger partial charge in [0.25, 0.3) is 11.6 Å². The zero-order valence-corrected chi connectivity index (χ0v) is 10.2. The van der Waals surface area contributed by atoms with Gasteiger partial charge in [0.1, 0.15) is 5.75 Å². The predicted octanol–water partition coefficient (Wildman–Crippen LogP) is -0.465. The Balaban J connectivity index is 2.43. The average Bonchev–Trinajstić information content (AvgIpc) is 2.42. The molecule has 0 saturated carbocycles. The van der Waals surface area contributed by atoms with Gasteiger partial charge in [0, 0.05) is 6.07 Å². The van der Waals surface area contributed by atoms with Crippen LogP contribution < -0.4 is 10.1 Å². The summed E-state index contributed by atoms with van der Waals surface area (Å²) in [5, 5.41) is 30.0. The lowest BCUT2D eigenvalue weighted by atomic mass is 10.3. The number of hydrogen-bond donors (Lipinski definition) is 3. The largest absolute Gasteiger partial charge is 0.484 e. The average molecular weight is 284 g/mol. The second-order valence-electron chi connectivity index (χ2n) is 3.70. The van der Waals surface area contributed by atoms with Gasteiger partial charge >= 0.3 is 5.97 Å². The van der Waals surface area contributed by atoms with Gasteiger partial charge in [0.15, 0.2) is 12.7 Å². The van der Waals surface area contributed by atoms with E-state index in [4.69, 9.17) is 14.9 Å². The number of carbonyl (C=O) groups excluding carboxylic acids is 1. The van der Waals surface area contributed by atoms with Crippen molar-refractivity contribution in [1.82, 2.24) is 5.32 Å². The van der Waals surface area contributed by atoms with Crippen LogP contribution in [0.4, 0.5) is 5.69 Å². The zero-order valence-electron chi connectivity index (χ0n) is 10.2. The predicted molar refractivity (Wildman–Crippen MR) is 65.2 cm³/mol. The van der Waals surface area contributed by atoms with Crippen molar-refractivity contribution in [1.29, 1.82) is 0 Å². The first-order valence-electron chi connectivity index (χ1n) is 5.45. The highest BCUT2D eigenvalue weighted by Crippen LogP contribution is 2.18. The van der Waals surface area contributed by atoms with Crippen molar-refractivity contribution < 1.29 is 29.5 Å². The van der Waals surface area contributed by atoms with Gasteiger partial charge < -0.3 is 20.3 Å². The van der Waals surface area contributed by atoms with Gasteiger partial charge in [-0.2, -0.15) is 0 Å². The molecule has 0 aromatic heterocycles. The highest BCUT2D eigenvalue weighted by atomic mass is 16.6. The van der Waals surface area contributed by atoms with Gasteiger partial charge in [0.2, 0.25) is 0 Å². The molecule has 108 valence electrons. The first-order chi connectivity index (χ1) is 9.40. The Labute approximate surface area is 112 Å². The number of nitrogens with one attached hydrogen (secondary N) is 1. The number of amides is 1. The monoisotopic (exact) mass is 284 g/mol. The van der Waals surface area contributed by atoms with E-state index in [2.05, 4.69) is 5.32 Å². The molecule has 9 heteroatoms. The highest BCUT2D eigenvalue weighted by Gasteiger charge is 2.14. The molecule has 1 atom stereocenters. The quantitative estimate of drug-likeness (QED) is 0.454. The van der Waals surface area contributed by atoms with E-state index in [1.165, 1.54) is 18.2 Å². The lowest BCUT2D eigenvalue weighted by molar-refractivity contribution is -0.384. The van der Waals surface area contributed by atoms with Gasteiger partial charge in [-0.1, -0.05) is 6.07 Å². The lowest BCUT2D eigenvalue weighted by Crippen LogP contribution is -2.38. The van der Waals surface area contributed by atoms with E-state index in [1.807, 2.05) is 0 Å². The molecule has 1 amide bonds. The highest BCUT2D eigenvalue weighted by molar-refractivity contribution is 5.79. The first-order valence-corrected chi connectivity index (χ1v) is 5.45. The van der Waals surface area contributed by atoms with E-state index in [9.17, 15) is 19.7 Å². The van der Waals surface area contributed by atoms with Crippen LogP contribution in [0.1, 0.15) is 0 Å². The summed E-state index contributed by atoms with van der Waals surface area (Å²) in [5.74, 6) is -1.98. The molecule has 0 aliphatic heterocycles. The molecule has 0 unspecified atom stereocenters. The van der Waals surface area contributed by atoms with E-state index < -0.39 is 36.1 Å². The summed E-state index contributed by atoms with van der Waals surface area (Å²) in [6, 6.07) is 5.27. The molecule has 0 bridgehead atoms. The van der Waals surface area contributed by atoms with Crippen LogP contribution >= 0.6 is 0 Å². The number of nitro benzene ring substituents is 1. The maximum atomic E-state index is 11.3. The summed E-state index contributed by atoms with van der Waals surface area (Å²) in [5.41, 5.74) is -0.177. The maximum Gasteiger partial charge on any atom is 0.334 e. The molecule has 0 saturated heterocycles. The van der Waals surface area contributed by atoms with E-state index in [0.717, 1.165) is 6.07 Å². The normalized spacial score (nSPS) is 11.4. The van der Waals surface area contributed by atoms with Gasteiger partial charge in [-0.3, -0.25) is 14.9 Å². The van der Waals surface area contributed by atoms with Crippen molar-refractivity contribution in [2.75, 3.05) is 13.2 Å². The van der Waals surface area contributed by atoms with Crippen molar-refractivity contribution in [3.05, 3.63) is 34.4 Å². The van der Waals surface area contributed by atoms with E-state index in [1.54, 1.807) is 0 Å². The Morgan fingerprint density at radius 2 is 2.15 bits per heavy atom. The molecular weight excluding hydrogens is 272 g/mol. The molecule has 1 rings (SSSR count). The fraction of sp³-hybridized carbons (Fsp3) is 0.273. The van der Waals surface area contributed by atoms with Crippen LogP contribution in [-0.2, 0) is 9.59 Å². The summed E-state index contributed by atoms with van der Waals surface area (Å²) in [4.78, 5) is 31.5. The summed E-state index contributed by atoms with van der Waals surface area (Å²) in [6.07, 6.45) is -1.70. The summed E-state index contributed by atoms with van der Waals surface area (Å²) in [6.45, 7) is -0.903. The molecule has 1 aromatic carbocycles. The second kappa shape index (κ2) is 7.04. The lowest BCUT2D eigenvalue weighted by Gasteiger charge is -2.09. The molecule has 3 N–H and O–H groups in total. The van der Waals surface area contributed by atoms with Crippen molar-refractivity contribution >= 4 is 17.6 Å². The van der Waals surface area contributed by atoms with E-state index in [0.29, 0.717) is 0 Å². The van der Waals surface area contributed by atoms with Gasteiger partial charge in [-0.05, 0) is 6.07 Å². The minimum absolute atomic E-state index is 0.133. The fourth-order valence-corrected chi connectivity index (χ4v) is 1.18. The Hall–Kier alpha value is -2.68. The molecule has 20 heavy (non-hydrogen) atoms. The van der Waals surface area contributed by atoms with Crippen LogP contribution in [0, 0.1) is 10.1 Å². The third kappa shape index (κ3) is 4.90. The second-order valence-corrected chi connectivity index (χ2v) is 3.70. The number of benzene rings is 1. The molecular formula is C11H12N2O7. The molecule has 0 radical (unpaired) electrons. The number of hydrogen-bond acceptors (Lipinski definition) is 6. The number of aliphatic carboxylic acids is 1. The molecule has 0 aliphatic rings. The Morgan fingerprint density at radius 1 is 1.45 bits per heavy atom. The molecule has 0 fully saturated rings. The maximum absolute atomic E-state index is 11.3. The summed E-state index contributed by atoms with van der Waals surface area (Å²) in [7, 11) is 0. The van der Waals surface area contributed by atoms with Crippen molar-refractivity contribution in [3.8, 4) is 5.75 Å². The SMILES string of the molecule is O=C(COc1cccc([N+](=O)[O-])c1)NC[C@H](O)C(=O)O. The smallest absolute Gasteiger partial charge is 0.334 e. The Morgan fingerprint density at radius 3 is 2.75 bits per heavy atom. The minimum Gasteiger partial charge on any atom is -0.484 e. The Kier molecular flexibility index (Phi) is 5.42. The Bertz CT molecular complexity index is 517. The van der Waals surface area contributed by atoms with Crippen molar-refractivity contribution in [2.24, 2.45) is 0 Å². The number of nitrogens with zero attached hydrogens (tertiary/aromatic N) is 1. The number of rotatable bonds is 7. The fourth-order valence-electron chi connectivity index (χ4n) is 1.18. The van der Waals surface area contributed by atoms with Gasteiger partial charge in [-0.25, -0.2) is 4.79 Å². The summed E-state index contributed by atoms with van der Waals surface area (Å²) < 4.78 is 5.01. The van der Waals surface area contributed by atoms with Crippen LogP contribution in [0.15, 0.2) is 24.3 Å². The number of nitro groups is 1. The van der Waals surface area contributed by atoms with Crippen LogP contribution in [0.5, 0.6) is 5.75 Å².